The number of rotatable bonds is 6. The van der Waals surface area contributed by atoms with Gasteiger partial charge in [0.05, 0.1) is 12.6 Å². The van der Waals surface area contributed by atoms with Crippen LogP contribution < -0.4 is 10.6 Å². The van der Waals surface area contributed by atoms with Gasteiger partial charge in [-0.25, -0.2) is 9.59 Å². The van der Waals surface area contributed by atoms with Gasteiger partial charge < -0.3 is 24.9 Å². The van der Waals surface area contributed by atoms with E-state index < -0.39 is 18.0 Å². The quantitative estimate of drug-likeness (QED) is 0.732. The monoisotopic (exact) mass is 284 g/mol. The number of carboxylic acid groups (broad SMARTS) is 1. The van der Waals surface area contributed by atoms with Gasteiger partial charge in [0.1, 0.15) is 11.5 Å². The first-order valence-electron chi connectivity index (χ1n) is 6.20. The van der Waals surface area contributed by atoms with Crippen molar-refractivity contribution in [2.45, 2.75) is 32.9 Å². The van der Waals surface area contributed by atoms with Crippen LogP contribution in [0.1, 0.15) is 30.0 Å². The minimum Gasteiger partial charge on any atom is -0.480 e. The molecule has 1 aromatic rings. The number of urea groups is 1. The zero-order valence-electron chi connectivity index (χ0n) is 12.0. The van der Waals surface area contributed by atoms with Crippen molar-refractivity contribution in [1.29, 1.82) is 0 Å². The van der Waals surface area contributed by atoms with Gasteiger partial charge >= 0.3 is 12.0 Å². The molecule has 0 aromatic carbocycles. The molecule has 1 heterocycles. The summed E-state index contributed by atoms with van der Waals surface area (Å²) in [4.78, 5) is 22.7. The third kappa shape index (κ3) is 4.27. The van der Waals surface area contributed by atoms with Crippen molar-refractivity contribution in [2.24, 2.45) is 0 Å². The van der Waals surface area contributed by atoms with E-state index in [0.29, 0.717) is 0 Å². The van der Waals surface area contributed by atoms with Gasteiger partial charge in [-0.3, -0.25) is 0 Å². The number of aliphatic carboxylic acids is 1. The minimum atomic E-state index is -1.15. The number of hydrogen-bond acceptors (Lipinski definition) is 4. The maximum absolute atomic E-state index is 11.8. The second-order valence-electron chi connectivity index (χ2n) is 4.55. The number of aryl methyl sites for hydroxylation is 2. The standard InChI is InChI=1S/C13H20N2O5/c1-7-5-10(9(3)20-7)8(2)14-13(18)15-11(6-19-4)12(16)17/h5,8,11H,6H2,1-4H3,(H,16,17)(H2,14,15,18). The predicted molar refractivity (Wildman–Crippen MR) is 71.6 cm³/mol. The van der Waals surface area contributed by atoms with E-state index >= 15 is 0 Å². The Kier molecular flexibility index (Phi) is 5.57. The van der Waals surface area contributed by atoms with Gasteiger partial charge in [0.25, 0.3) is 0 Å². The first kappa shape index (κ1) is 16.0. The molecule has 1 rings (SSSR count). The molecule has 20 heavy (non-hydrogen) atoms. The molecule has 0 aliphatic carbocycles. The third-order valence-corrected chi connectivity index (χ3v) is 2.83. The van der Waals surface area contributed by atoms with E-state index in [-0.39, 0.29) is 12.6 Å². The Labute approximate surface area is 117 Å². The van der Waals surface area contributed by atoms with E-state index in [1.807, 2.05) is 19.9 Å². The van der Waals surface area contributed by atoms with E-state index in [1.54, 1.807) is 6.92 Å². The number of amides is 2. The number of carbonyl (C=O) groups is 2. The second kappa shape index (κ2) is 6.95. The summed E-state index contributed by atoms with van der Waals surface area (Å²) < 4.78 is 10.1. The number of carboxylic acids is 1. The summed E-state index contributed by atoms with van der Waals surface area (Å²) in [6.07, 6.45) is 0. The van der Waals surface area contributed by atoms with Crippen LogP contribution in [0.5, 0.6) is 0 Å². The van der Waals surface area contributed by atoms with Crippen LogP contribution >= 0.6 is 0 Å². The molecule has 0 aliphatic rings. The second-order valence-corrected chi connectivity index (χ2v) is 4.55. The van der Waals surface area contributed by atoms with Crippen molar-refractivity contribution in [1.82, 2.24) is 10.6 Å². The maximum Gasteiger partial charge on any atom is 0.328 e. The van der Waals surface area contributed by atoms with Gasteiger partial charge in [0.15, 0.2) is 6.04 Å². The van der Waals surface area contributed by atoms with Gasteiger partial charge in [-0.1, -0.05) is 0 Å². The van der Waals surface area contributed by atoms with Crippen LogP contribution in [-0.2, 0) is 9.53 Å². The lowest BCUT2D eigenvalue weighted by Gasteiger charge is -2.17. The van der Waals surface area contributed by atoms with E-state index in [1.165, 1.54) is 7.11 Å². The summed E-state index contributed by atoms with van der Waals surface area (Å²) >= 11 is 0. The zero-order valence-corrected chi connectivity index (χ0v) is 12.0. The summed E-state index contributed by atoms with van der Waals surface area (Å²) in [5, 5.41) is 13.9. The third-order valence-electron chi connectivity index (χ3n) is 2.83. The summed E-state index contributed by atoms with van der Waals surface area (Å²) in [6, 6.07) is -0.103. The fourth-order valence-electron chi connectivity index (χ4n) is 1.90. The molecular weight excluding hydrogens is 264 g/mol. The largest absolute Gasteiger partial charge is 0.480 e. The molecule has 1 aromatic heterocycles. The van der Waals surface area contributed by atoms with Crippen LogP contribution in [0.2, 0.25) is 0 Å². The number of methoxy groups -OCH3 is 1. The average Bonchev–Trinajstić information content (AvgIpc) is 2.67. The molecule has 0 radical (unpaired) electrons. The van der Waals surface area contributed by atoms with Crippen LogP contribution in [0.15, 0.2) is 10.5 Å². The smallest absolute Gasteiger partial charge is 0.328 e. The van der Waals surface area contributed by atoms with Crippen LogP contribution in [-0.4, -0.2) is 36.9 Å². The highest BCUT2D eigenvalue weighted by molar-refractivity contribution is 5.82. The van der Waals surface area contributed by atoms with Crippen LogP contribution in [0, 0.1) is 13.8 Å². The van der Waals surface area contributed by atoms with Crippen molar-refractivity contribution < 1.29 is 23.8 Å². The Morgan fingerprint density at radius 2 is 2.05 bits per heavy atom. The topological polar surface area (TPSA) is 101 Å². The lowest BCUT2D eigenvalue weighted by Crippen LogP contribution is -2.48. The molecule has 0 saturated heterocycles. The van der Waals surface area contributed by atoms with Crippen molar-refractivity contribution in [3.05, 3.63) is 23.2 Å². The molecule has 0 spiro atoms. The highest BCUT2D eigenvalue weighted by Gasteiger charge is 2.21. The fraction of sp³-hybridized carbons (Fsp3) is 0.538. The Balaban J connectivity index is 2.61. The van der Waals surface area contributed by atoms with Crippen molar-refractivity contribution in [2.75, 3.05) is 13.7 Å². The van der Waals surface area contributed by atoms with Gasteiger partial charge in [0.2, 0.25) is 0 Å². The van der Waals surface area contributed by atoms with E-state index in [9.17, 15) is 9.59 Å². The Morgan fingerprint density at radius 1 is 1.40 bits per heavy atom. The molecule has 2 amide bonds. The van der Waals surface area contributed by atoms with E-state index in [2.05, 4.69) is 10.6 Å². The molecule has 7 heteroatoms. The first-order chi connectivity index (χ1) is 9.35. The minimum absolute atomic E-state index is 0.0962. The SMILES string of the molecule is COCC(NC(=O)NC(C)c1cc(C)oc1C)C(=O)O. The Bertz CT molecular complexity index is 483. The van der Waals surface area contributed by atoms with Gasteiger partial charge in [-0.15, -0.1) is 0 Å². The van der Waals surface area contributed by atoms with Gasteiger partial charge in [-0.05, 0) is 26.8 Å². The van der Waals surface area contributed by atoms with E-state index in [4.69, 9.17) is 14.3 Å². The Morgan fingerprint density at radius 3 is 2.50 bits per heavy atom. The van der Waals surface area contributed by atoms with Crippen molar-refractivity contribution in [3.8, 4) is 0 Å². The first-order valence-corrected chi connectivity index (χ1v) is 6.20. The van der Waals surface area contributed by atoms with Crippen LogP contribution in [0.4, 0.5) is 4.79 Å². The maximum atomic E-state index is 11.8. The van der Waals surface area contributed by atoms with Gasteiger partial charge in [0, 0.05) is 12.7 Å². The molecule has 112 valence electrons. The molecule has 0 bridgehead atoms. The summed E-state index contributed by atoms with van der Waals surface area (Å²) in [6.45, 7) is 5.33. The number of furan rings is 1. The molecule has 3 N–H and O–H groups in total. The predicted octanol–water partition coefficient (Wildman–Crippen LogP) is 1.36. The molecular formula is C13H20N2O5. The van der Waals surface area contributed by atoms with Gasteiger partial charge in [-0.2, -0.15) is 0 Å². The Hall–Kier alpha value is -2.02. The molecule has 0 saturated carbocycles. The zero-order chi connectivity index (χ0) is 15.3. The van der Waals surface area contributed by atoms with Crippen LogP contribution in [0.3, 0.4) is 0 Å². The number of nitrogens with one attached hydrogen (secondary N) is 2. The number of carbonyl (C=O) groups excluding carboxylic acids is 1. The van der Waals surface area contributed by atoms with Crippen LogP contribution in [0.25, 0.3) is 0 Å². The van der Waals surface area contributed by atoms with Crippen molar-refractivity contribution >= 4 is 12.0 Å². The average molecular weight is 284 g/mol. The number of hydrogen-bond donors (Lipinski definition) is 3. The highest BCUT2D eigenvalue weighted by Crippen LogP contribution is 2.20. The molecule has 2 atom stereocenters. The van der Waals surface area contributed by atoms with E-state index in [0.717, 1.165) is 17.1 Å². The van der Waals surface area contributed by atoms with Crippen molar-refractivity contribution in [3.63, 3.8) is 0 Å². The normalized spacial score (nSPS) is 13.6. The lowest BCUT2D eigenvalue weighted by molar-refractivity contribution is -0.140. The summed E-state index contributed by atoms with van der Waals surface area (Å²) in [7, 11) is 1.37. The number of ether oxygens (including phenoxy) is 1. The molecule has 2 unspecified atom stereocenters. The fourth-order valence-corrected chi connectivity index (χ4v) is 1.90. The molecule has 0 aliphatic heterocycles. The molecule has 0 fully saturated rings. The summed E-state index contributed by atoms with van der Waals surface area (Å²) in [5.41, 5.74) is 0.858. The summed E-state index contributed by atoms with van der Waals surface area (Å²) in [5.74, 6) is 0.335. The molecule has 7 nitrogen and oxygen atoms in total. The highest BCUT2D eigenvalue weighted by atomic mass is 16.5. The lowest BCUT2D eigenvalue weighted by atomic mass is 10.1.